The van der Waals surface area contributed by atoms with Gasteiger partial charge in [-0.05, 0) is 44.9 Å². The van der Waals surface area contributed by atoms with Crippen molar-refractivity contribution in [2.45, 2.75) is 205 Å². The SMILES string of the molecule is CC/C=C\C/C=C\C/C=C\CCCCCCCC(=O)OC[C@@H](CO[C@H]1O[C@@H](CS(=O)(=O)O)[C@@H](O)[C@H](O)[C@@H]1O)OC(=O)CCCCCCCCCCCCCCC. The Kier molecular flexibility index (Phi) is 31.3. The Hall–Kier alpha value is -2.13. The fraction of sp³-hybridized carbons (Fsp3) is 0.814. The number of unbranched alkanes of at least 4 members (excludes halogenated alkanes) is 17. The van der Waals surface area contributed by atoms with Crippen LogP contribution in [0.15, 0.2) is 36.5 Å². The summed E-state index contributed by atoms with van der Waals surface area (Å²) in [6.45, 7) is 3.62. The Morgan fingerprint density at radius 3 is 1.68 bits per heavy atom. The second kappa shape index (κ2) is 33.8. The van der Waals surface area contributed by atoms with Crippen LogP contribution in [0.2, 0.25) is 0 Å². The first kappa shape index (κ1) is 51.9. The summed E-state index contributed by atoms with van der Waals surface area (Å²) in [5.74, 6) is -2.00. The van der Waals surface area contributed by atoms with Gasteiger partial charge in [-0.3, -0.25) is 14.1 Å². The molecule has 0 saturated carbocycles. The molecule has 1 saturated heterocycles. The van der Waals surface area contributed by atoms with Crippen LogP contribution in [0, 0.1) is 0 Å². The van der Waals surface area contributed by atoms with Crippen molar-refractivity contribution in [3.05, 3.63) is 36.5 Å². The van der Waals surface area contributed by atoms with E-state index in [4.69, 9.17) is 18.9 Å². The van der Waals surface area contributed by atoms with E-state index in [1.165, 1.54) is 57.8 Å². The number of aliphatic hydroxyl groups is 3. The Morgan fingerprint density at radius 2 is 1.12 bits per heavy atom. The average Bonchev–Trinajstić information content (AvgIpc) is 3.16. The lowest BCUT2D eigenvalue weighted by molar-refractivity contribution is -0.297. The van der Waals surface area contributed by atoms with Gasteiger partial charge >= 0.3 is 11.9 Å². The average molecular weight is 817 g/mol. The predicted molar refractivity (Wildman–Crippen MR) is 219 cm³/mol. The Balaban J connectivity index is 2.48. The number of hydrogen-bond donors (Lipinski definition) is 4. The van der Waals surface area contributed by atoms with Gasteiger partial charge in [0.15, 0.2) is 12.4 Å². The van der Waals surface area contributed by atoms with Gasteiger partial charge < -0.3 is 34.3 Å². The second-order valence-corrected chi connectivity index (χ2v) is 16.5. The lowest BCUT2D eigenvalue weighted by Gasteiger charge is -2.40. The highest BCUT2D eigenvalue weighted by molar-refractivity contribution is 7.85. The fourth-order valence-corrected chi connectivity index (χ4v) is 7.09. The number of ether oxygens (including phenoxy) is 4. The first-order chi connectivity index (χ1) is 27.0. The van der Waals surface area contributed by atoms with Gasteiger partial charge in [0.25, 0.3) is 10.1 Å². The lowest BCUT2D eigenvalue weighted by atomic mass is 10.00. The minimum Gasteiger partial charge on any atom is -0.462 e. The van der Waals surface area contributed by atoms with Crippen LogP contribution >= 0.6 is 0 Å². The molecule has 0 aromatic rings. The van der Waals surface area contributed by atoms with Gasteiger partial charge in [0.05, 0.1) is 6.61 Å². The number of carbonyl (C=O) groups is 2. The van der Waals surface area contributed by atoms with E-state index in [1.807, 2.05) is 0 Å². The topological polar surface area (TPSA) is 186 Å². The largest absolute Gasteiger partial charge is 0.462 e. The summed E-state index contributed by atoms with van der Waals surface area (Å²) in [7, 11) is -4.60. The summed E-state index contributed by atoms with van der Waals surface area (Å²) in [4.78, 5) is 25.3. The van der Waals surface area contributed by atoms with Gasteiger partial charge in [-0.15, -0.1) is 0 Å². The van der Waals surface area contributed by atoms with Crippen LogP contribution in [0.3, 0.4) is 0 Å². The molecule has 326 valence electrons. The monoisotopic (exact) mass is 817 g/mol. The van der Waals surface area contributed by atoms with Crippen molar-refractivity contribution in [2.24, 2.45) is 0 Å². The van der Waals surface area contributed by atoms with Gasteiger partial charge in [-0.2, -0.15) is 8.42 Å². The van der Waals surface area contributed by atoms with E-state index in [0.717, 1.165) is 70.6 Å². The molecule has 0 amide bonds. The molecule has 0 radical (unpaired) electrons. The Labute approximate surface area is 338 Å². The molecule has 0 aliphatic carbocycles. The molecule has 1 aliphatic rings. The summed E-state index contributed by atoms with van der Waals surface area (Å²) in [5, 5.41) is 30.8. The Bertz CT molecular complexity index is 1190. The van der Waals surface area contributed by atoms with Crippen molar-refractivity contribution in [1.82, 2.24) is 0 Å². The predicted octanol–water partition coefficient (Wildman–Crippen LogP) is 8.22. The molecule has 13 heteroatoms. The minimum absolute atomic E-state index is 0.163. The molecule has 0 aromatic heterocycles. The number of hydrogen-bond acceptors (Lipinski definition) is 11. The molecular weight excluding hydrogens is 741 g/mol. The van der Waals surface area contributed by atoms with Crippen LogP contribution in [-0.4, -0.2) is 96.0 Å². The van der Waals surface area contributed by atoms with Crippen LogP contribution in [-0.2, 0) is 38.7 Å². The maximum Gasteiger partial charge on any atom is 0.306 e. The molecule has 56 heavy (non-hydrogen) atoms. The quantitative estimate of drug-likeness (QED) is 0.0208. The highest BCUT2D eigenvalue weighted by atomic mass is 32.2. The van der Waals surface area contributed by atoms with Gasteiger partial charge in [0.1, 0.15) is 36.8 Å². The zero-order valence-corrected chi connectivity index (χ0v) is 35.3. The second-order valence-electron chi connectivity index (χ2n) is 15.0. The number of aliphatic hydroxyl groups excluding tert-OH is 3. The maximum atomic E-state index is 12.8. The molecule has 0 unspecified atom stereocenters. The molecule has 1 fully saturated rings. The molecule has 0 bridgehead atoms. The maximum absolute atomic E-state index is 12.8. The smallest absolute Gasteiger partial charge is 0.306 e. The lowest BCUT2D eigenvalue weighted by Crippen LogP contribution is -2.60. The van der Waals surface area contributed by atoms with Crippen LogP contribution < -0.4 is 0 Å². The van der Waals surface area contributed by atoms with E-state index in [2.05, 4.69) is 50.3 Å². The summed E-state index contributed by atoms with van der Waals surface area (Å²) < 4.78 is 54.0. The standard InChI is InChI=1S/C43H76O12S/c1-3-5-7-9-11-13-15-17-18-20-21-23-25-27-29-31-38(44)52-33-36(34-53-43-42(48)41(47)40(46)37(55-43)35-56(49,50)51)54-39(45)32-30-28-26-24-22-19-16-14-12-10-8-6-4-2/h5,7,11,13,17-18,36-37,40-43,46-48H,3-4,6,8-10,12,14-16,19-35H2,1-2H3,(H,49,50,51)/b7-5-,13-11-,18-17-/t36-,37-,40+,41-,42-,43-/m0/s1. The zero-order valence-electron chi connectivity index (χ0n) is 34.5. The van der Waals surface area contributed by atoms with Gasteiger partial charge in [-0.25, -0.2) is 0 Å². The summed E-state index contributed by atoms with van der Waals surface area (Å²) in [6, 6.07) is 0. The fourth-order valence-electron chi connectivity index (χ4n) is 6.40. The van der Waals surface area contributed by atoms with Crippen LogP contribution in [0.25, 0.3) is 0 Å². The zero-order chi connectivity index (χ0) is 41.3. The molecule has 4 N–H and O–H groups in total. The molecule has 1 rings (SSSR count). The molecule has 0 aromatic carbocycles. The number of esters is 2. The highest BCUT2D eigenvalue weighted by Gasteiger charge is 2.46. The minimum atomic E-state index is -4.60. The molecule has 6 atom stereocenters. The van der Waals surface area contributed by atoms with Gasteiger partial charge in [0, 0.05) is 12.8 Å². The van der Waals surface area contributed by atoms with Crippen molar-refractivity contribution < 1.29 is 56.8 Å². The first-order valence-electron chi connectivity index (χ1n) is 21.5. The summed E-state index contributed by atoms with van der Waals surface area (Å²) in [6.07, 6.45) is 27.6. The van der Waals surface area contributed by atoms with E-state index in [9.17, 15) is 37.9 Å². The molecule has 1 aliphatic heterocycles. The highest BCUT2D eigenvalue weighted by Crippen LogP contribution is 2.24. The first-order valence-corrected chi connectivity index (χ1v) is 23.2. The summed E-state index contributed by atoms with van der Waals surface area (Å²) >= 11 is 0. The number of carbonyl (C=O) groups excluding carboxylic acids is 2. The van der Waals surface area contributed by atoms with Crippen LogP contribution in [0.5, 0.6) is 0 Å². The number of allylic oxidation sites excluding steroid dienone is 6. The summed E-state index contributed by atoms with van der Waals surface area (Å²) in [5.41, 5.74) is 0. The number of rotatable bonds is 35. The van der Waals surface area contributed by atoms with Crippen molar-refractivity contribution in [3.8, 4) is 0 Å². The third-order valence-electron chi connectivity index (χ3n) is 9.73. The molecule has 12 nitrogen and oxygen atoms in total. The van der Waals surface area contributed by atoms with Crippen molar-refractivity contribution >= 4 is 22.1 Å². The Morgan fingerprint density at radius 1 is 0.625 bits per heavy atom. The van der Waals surface area contributed by atoms with Crippen molar-refractivity contribution in [3.63, 3.8) is 0 Å². The van der Waals surface area contributed by atoms with E-state index in [1.54, 1.807) is 0 Å². The van der Waals surface area contributed by atoms with E-state index in [0.29, 0.717) is 12.8 Å². The van der Waals surface area contributed by atoms with Crippen LogP contribution in [0.4, 0.5) is 0 Å². The van der Waals surface area contributed by atoms with Crippen molar-refractivity contribution in [2.75, 3.05) is 19.0 Å². The van der Waals surface area contributed by atoms with E-state index >= 15 is 0 Å². The molecule has 1 heterocycles. The third-order valence-corrected chi connectivity index (χ3v) is 10.5. The van der Waals surface area contributed by atoms with Crippen LogP contribution in [0.1, 0.15) is 168 Å². The molecular formula is C43H76O12S. The van der Waals surface area contributed by atoms with E-state index in [-0.39, 0.29) is 19.4 Å². The van der Waals surface area contributed by atoms with Crippen molar-refractivity contribution in [1.29, 1.82) is 0 Å². The van der Waals surface area contributed by atoms with Gasteiger partial charge in [0.2, 0.25) is 0 Å². The van der Waals surface area contributed by atoms with Gasteiger partial charge in [-0.1, -0.05) is 147 Å². The molecule has 0 spiro atoms. The third kappa shape index (κ3) is 28.3. The van der Waals surface area contributed by atoms with E-state index < -0.39 is 71.2 Å². The normalized spacial score (nSPS) is 21.0.